The lowest BCUT2D eigenvalue weighted by Crippen LogP contribution is -2.40. The molecule has 3 rings (SSSR count). The average molecular weight is 399 g/mol. The minimum Gasteiger partial charge on any atom is -0.493 e. The number of hydrogen-bond donors (Lipinski definition) is 1. The third-order valence-electron chi connectivity index (χ3n) is 5.35. The van der Waals surface area contributed by atoms with E-state index >= 15 is 0 Å². The molecule has 1 N–H and O–H groups in total. The number of amides is 1. The summed E-state index contributed by atoms with van der Waals surface area (Å²) in [7, 11) is 3.12. The molecule has 156 valence electrons. The van der Waals surface area contributed by atoms with Crippen LogP contribution in [0.1, 0.15) is 35.7 Å². The van der Waals surface area contributed by atoms with E-state index in [-0.39, 0.29) is 5.91 Å². The summed E-state index contributed by atoms with van der Waals surface area (Å²) in [5.74, 6) is 1.30. The Morgan fingerprint density at radius 1 is 1.14 bits per heavy atom. The van der Waals surface area contributed by atoms with Gasteiger partial charge in [-0.05, 0) is 43.6 Å². The predicted molar refractivity (Wildman–Crippen MR) is 113 cm³/mol. The smallest absolute Gasteiger partial charge is 0.251 e. The van der Waals surface area contributed by atoms with Gasteiger partial charge >= 0.3 is 0 Å². The van der Waals surface area contributed by atoms with Gasteiger partial charge in [-0.2, -0.15) is 0 Å². The molecule has 6 nitrogen and oxygen atoms in total. The van der Waals surface area contributed by atoms with E-state index in [1.807, 2.05) is 30.3 Å². The highest BCUT2D eigenvalue weighted by molar-refractivity contribution is 5.95. The zero-order valence-electron chi connectivity index (χ0n) is 17.4. The molecule has 1 amide bonds. The van der Waals surface area contributed by atoms with Crippen LogP contribution in [0.15, 0.2) is 42.5 Å². The number of likely N-dealkylation sites (tertiary alicyclic amines) is 1. The fourth-order valence-electron chi connectivity index (χ4n) is 3.74. The molecule has 1 aliphatic heterocycles. The second kappa shape index (κ2) is 10.2. The zero-order valence-corrected chi connectivity index (χ0v) is 17.4. The molecule has 0 spiro atoms. The van der Waals surface area contributed by atoms with Crippen LogP contribution >= 0.6 is 0 Å². The third kappa shape index (κ3) is 5.21. The zero-order chi connectivity index (χ0) is 20.6. The van der Waals surface area contributed by atoms with E-state index in [4.69, 9.17) is 14.2 Å². The summed E-state index contributed by atoms with van der Waals surface area (Å²) in [6.45, 7) is 5.29. The Bertz CT molecular complexity index is 785. The molecule has 1 aliphatic rings. The van der Waals surface area contributed by atoms with Gasteiger partial charge in [0.2, 0.25) is 5.75 Å². The fourth-order valence-corrected chi connectivity index (χ4v) is 3.74. The second-order valence-electron chi connectivity index (χ2n) is 7.12. The highest BCUT2D eigenvalue weighted by Crippen LogP contribution is 2.39. The van der Waals surface area contributed by atoms with Crippen LogP contribution in [0.5, 0.6) is 17.2 Å². The number of likely N-dealkylation sites (N-methyl/N-ethyl adjacent to an activating group) is 1. The van der Waals surface area contributed by atoms with Crippen LogP contribution in [0.4, 0.5) is 0 Å². The third-order valence-corrected chi connectivity index (χ3v) is 5.35. The summed E-state index contributed by atoms with van der Waals surface area (Å²) < 4.78 is 16.9. The number of rotatable bonds is 9. The summed E-state index contributed by atoms with van der Waals surface area (Å²) in [6.07, 6.45) is 2.30. The quantitative estimate of drug-likeness (QED) is 0.701. The van der Waals surface area contributed by atoms with Crippen molar-refractivity contribution >= 4 is 5.91 Å². The lowest BCUT2D eigenvalue weighted by atomic mass is 10.1. The van der Waals surface area contributed by atoms with Gasteiger partial charge < -0.3 is 19.5 Å². The Labute approximate surface area is 172 Å². The van der Waals surface area contributed by atoms with Gasteiger partial charge in [0.25, 0.3) is 5.91 Å². The average Bonchev–Trinajstić information content (AvgIpc) is 3.23. The molecule has 0 saturated carbocycles. The Morgan fingerprint density at radius 3 is 2.45 bits per heavy atom. The van der Waals surface area contributed by atoms with Gasteiger partial charge in [-0.25, -0.2) is 0 Å². The monoisotopic (exact) mass is 398 g/mol. The molecule has 1 saturated heterocycles. The molecule has 0 aromatic heterocycles. The van der Waals surface area contributed by atoms with Gasteiger partial charge in [0.15, 0.2) is 11.5 Å². The van der Waals surface area contributed by atoms with E-state index < -0.39 is 0 Å². The van der Waals surface area contributed by atoms with Crippen molar-refractivity contribution in [3.05, 3.63) is 53.6 Å². The first kappa shape index (κ1) is 21.0. The largest absolute Gasteiger partial charge is 0.493 e. The van der Waals surface area contributed by atoms with E-state index in [0.29, 0.717) is 42.0 Å². The predicted octanol–water partition coefficient (Wildman–Crippen LogP) is 3.50. The molecule has 1 heterocycles. The molecule has 0 unspecified atom stereocenters. The highest BCUT2D eigenvalue weighted by atomic mass is 16.5. The highest BCUT2D eigenvalue weighted by Gasteiger charge is 2.24. The molecule has 29 heavy (non-hydrogen) atoms. The summed E-state index contributed by atoms with van der Waals surface area (Å²) in [4.78, 5) is 15.1. The Balaban J connectivity index is 1.71. The number of methoxy groups -OCH3 is 2. The molecule has 0 aliphatic carbocycles. The summed E-state index contributed by atoms with van der Waals surface area (Å²) in [5.41, 5.74) is 1.53. The van der Waals surface area contributed by atoms with Gasteiger partial charge in [-0.1, -0.05) is 37.3 Å². The van der Waals surface area contributed by atoms with E-state index in [0.717, 1.165) is 25.1 Å². The van der Waals surface area contributed by atoms with Crippen molar-refractivity contribution in [3.8, 4) is 17.2 Å². The van der Waals surface area contributed by atoms with Crippen molar-refractivity contribution in [1.82, 2.24) is 10.2 Å². The number of carbonyl (C=O) groups is 1. The maximum Gasteiger partial charge on any atom is 0.251 e. The molecular weight excluding hydrogens is 368 g/mol. The molecule has 0 bridgehead atoms. The van der Waals surface area contributed by atoms with E-state index in [2.05, 4.69) is 17.1 Å². The number of nitrogens with zero attached hydrogens (tertiary/aromatic N) is 1. The van der Waals surface area contributed by atoms with Gasteiger partial charge in [-0.15, -0.1) is 0 Å². The standard InChI is InChI=1S/C23H30N2O4/c1-4-25-12-8-11-19(25)15-24-23(26)18-13-20(27-2)22(21(14-18)28-3)29-16-17-9-6-5-7-10-17/h5-7,9-10,13-14,19H,4,8,11-12,15-16H2,1-3H3,(H,24,26)/t19-/m1/s1. The first-order chi connectivity index (χ1) is 14.2. The molecular formula is C23H30N2O4. The molecule has 2 aromatic rings. The van der Waals surface area contributed by atoms with Crippen LogP contribution in [-0.4, -0.2) is 50.7 Å². The number of ether oxygens (including phenoxy) is 3. The summed E-state index contributed by atoms with van der Waals surface area (Å²) in [6, 6.07) is 13.7. The number of benzene rings is 2. The topological polar surface area (TPSA) is 60.0 Å². The Morgan fingerprint density at radius 2 is 1.83 bits per heavy atom. The van der Waals surface area contributed by atoms with Gasteiger partial charge in [0, 0.05) is 18.2 Å². The number of carbonyl (C=O) groups excluding carboxylic acids is 1. The number of nitrogens with one attached hydrogen (secondary N) is 1. The molecule has 1 atom stereocenters. The van der Waals surface area contributed by atoms with Crippen molar-refractivity contribution in [3.63, 3.8) is 0 Å². The van der Waals surface area contributed by atoms with Gasteiger partial charge in [0.1, 0.15) is 6.61 Å². The summed E-state index contributed by atoms with van der Waals surface area (Å²) >= 11 is 0. The minimum atomic E-state index is -0.140. The molecule has 6 heteroatoms. The second-order valence-corrected chi connectivity index (χ2v) is 7.12. The lowest BCUT2D eigenvalue weighted by Gasteiger charge is -2.23. The van der Waals surface area contributed by atoms with Crippen LogP contribution in [0, 0.1) is 0 Å². The van der Waals surface area contributed by atoms with Crippen LogP contribution in [0.25, 0.3) is 0 Å². The van der Waals surface area contributed by atoms with Crippen LogP contribution < -0.4 is 19.5 Å². The Hall–Kier alpha value is -2.73. The van der Waals surface area contributed by atoms with E-state index in [9.17, 15) is 4.79 Å². The van der Waals surface area contributed by atoms with Crippen molar-refractivity contribution in [2.45, 2.75) is 32.4 Å². The van der Waals surface area contributed by atoms with Gasteiger partial charge in [-0.3, -0.25) is 9.69 Å². The maximum absolute atomic E-state index is 12.7. The SMILES string of the molecule is CCN1CCC[C@@H]1CNC(=O)c1cc(OC)c(OCc2ccccc2)c(OC)c1. The number of hydrogen-bond acceptors (Lipinski definition) is 5. The van der Waals surface area contributed by atoms with E-state index in [1.54, 1.807) is 26.4 Å². The Kier molecular flexibility index (Phi) is 7.36. The lowest BCUT2D eigenvalue weighted by molar-refractivity contribution is 0.0940. The maximum atomic E-state index is 12.7. The van der Waals surface area contributed by atoms with E-state index in [1.165, 1.54) is 6.42 Å². The van der Waals surface area contributed by atoms with Crippen molar-refractivity contribution < 1.29 is 19.0 Å². The van der Waals surface area contributed by atoms with Crippen LogP contribution in [0.2, 0.25) is 0 Å². The summed E-state index contributed by atoms with van der Waals surface area (Å²) in [5, 5.41) is 3.05. The van der Waals surface area contributed by atoms with Crippen molar-refractivity contribution in [2.24, 2.45) is 0 Å². The van der Waals surface area contributed by atoms with Gasteiger partial charge in [0.05, 0.1) is 14.2 Å². The normalized spacial score (nSPS) is 16.4. The van der Waals surface area contributed by atoms with Crippen LogP contribution in [-0.2, 0) is 6.61 Å². The first-order valence-electron chi connectivity index (χ1n) is 10.1. The van der Waals surface area contributed by atoms with Crippen molar-refractivity contribution in [1.29, 1.82) is 0 Å². The molecule has 0 radical (unpaired) electrons. The van der Waals surface area contributed by atoms with Crippen LogP contribution in [0.3, 0.4) is 0 Å². The van der Waals surface area contributed by atoms with Crippen molar-refractivity contribution in [2.75, 3.05) is 33.9 Å². The minimum absolute atomic E-state index is 0.140. The molecule has 2 aromatic carbocycles. The fraction of sp³-hybridized carbons (Fsp3) is 0.435. The molecule has 1 fully saturated rings. The first-order valence-corrected chi connectivity index (χ1v) is 10.1.